The standard InChI is InChI=1S/C18H22BrNO/c1-5-16(15-8-6-7-9-17(15)21-4)20-18-12(2)10-14(19)11-13(18)3/h6-11,16,20H,5H2,1-4H3. The van der Waals surface area contributed by atoms with Crippen LogP contribution in [0.15, 0.2) is 40.9 Å². The summed E-state index contributed by atoms with van der Waals surface area (Å²) in [7, 11) is 1.72. The maximum absolute atomic E-state index is 5.50. The van der Waals surface area contributed by atoms with Crippen molar-refractivity contribution in [1.29, 1.82) is 0 Å². The van der Waals surface area contributed by atoms with E-state index < -0.39 is 0 Å². The molecule has 0 bridgehead atoms. The second-order valence-corrected chi connectivity index (χ2v) is 6.18. The fourth-order valence-corrected chi connectivity index (χ4v) is 3.35. The number of hydrogen-bond donors (Lipinski definition) is 1. The quantitative estimate of drug-likeness (QED) is 0.755. The lowest BCUT2D eigenvalue weighted by Gasteiger charge is -2.23. The molecule has 1 atom stereocenters. The molecule has 0 aromatic heterocycles. The summed E-state index contributed by atoms with van der Waals surface area (Å²) in [4.78, 5) is 0. The number of anilines is 1. The normalized spacial score (nSPS) is 12.0. The number of benzene rings is 2. The Morgan fingerprint density at radius 2 is 1.76 bits per heavy atom. The van der Waals surface area contributed by atoms with Crippen LogP contribution in [0, 0.1) is 13.8 Å². The van der Waals surface area contributed by atoms with E-state index in [1.807, 2.05) is 12.1 Å². The molecule has 2 nitrogen and oxygen atoms in total. The first-order valence-electron chi connectivity index (χ1n) is 7.23. The van der Waals surface area contributed by atoms with Crippen molar-refractivity contribution >= 4 is 21.6 Å². The van der Waals surface area contributed by atoms with E-state index >= 15 is 0 Å². The number of hydrogen-bond acceptors (Lipinski definition) is 2. The van der Waals surface area contributed by atoms with Crippen molar-refractivity contribution < 1.29 is 4.74 Å². The summed E-state index contributed by atoms with van der Waals surface area (Å²) >= 11 is 3.55. The van der Waals surface area contributed by atoms with Crippen LogP contribution >= 0.6 is 15.9 Å². The third kappa shape index (κ3) is 3.59. The van der Waals surface area contributed by atoms with Gasteiger partial charge in [0.25, 0.3) is 0 Å². The van der Waals surface area contributed by atoms with E-state index in [2.05, 4.69) is 66.3 Å². The van der Waals surface area contributed by atoms with Crippen LogP contribution in [0.5, 0.6) is 5.75 Å². The molecule has 0 aliphatic rings. The van der Waals surface area contributed by atoms with Gasteiger partial charge in [0.15, 0.2) is 0 Å². The first kappa shape index (κ1) is 15.9. The lowest BCUT2D eigenvalue weighted by Crippen LogP contribution is -2.12. The Morgan fingerprint density at radius 1 is 1.14 bits per heavy atom. The maximum atomic E-state index is 5.50. The number of nitrogens with one attached hydrogen (secondary N) is 1. The molecule has 0 radical (unpaired) electrons. The molecule has 0 heterocycles. The number of aryl methyl sites for hydroxylation is 2. The fraction of sp³-hybridized carbons (Fsp3) is 0.333. The third-order valence-corrected chi connectivity index (χ3v) is 4.20. The number of ether oxygens (including phenoxy) is 1. The minimum absolute atomic E-state index is 0.236. The lowest BCUT2D eigenvalue weighted by molar-refractivity contribution is 0.406. The van der Waals surface area contributed by atoms with Crippen molar-refractivity contribution in [3.05, 3.63) is 57.6 Å². The van der Waals surface area contributed by atoms with E-state index in [1.54, 1.807) is 7.11 Å². The van der Waals surface area contributed by atoms with Crippen LogP contribution in [-0.2, 0) is 0 Å². The Kier molecular flexibility index (Phi) is 5.29. The summed E-state index contributed by atoms with van der Waals surface area (Å²) in [6, 6.07) is 12.7. The topological polar surface area (TPSA) is 21.3 Å². The highest BCUT2D eigenvalue weighted by atomic mass is 79.9. The number of rotatable bonds is 5. The van der Waals surface area contributed by atoms with Crippen LogP contribution in [0.4, 0.5) is 5.69 Å². The molecule has 2 rings (SSSR count). The van der Waals surface area contributed by atoms with Crippen molar-refractivity contribution in [3.8, 4) is 5.75 Å². The smallest absolute Gasteiger partial charge is 0.124 e. The molecule has 0 fully saturated rings. The molecule has 3 heteroatoms. The summed E-state index contributed by atoms with van der Waals surface area (Å²) in [5.74, 6) is 0.935. The van der Waals surface area contributed by atoms with Crippen molar-refractivity contribution in [2.75, 3.05) is 12.4 Å². The van der Waals surface area contributed by atoms with Gasteiger partial charge in [-0.3, -0.25) is 0 Å². The van der Waals surface area contributed by atoms with E-state index in [1.165, 1.54) is 22.4 Å². The van der Waals surface area contributed by atoms with E-state index in [0.29, 0.717) is 0 Å². The van der Waals surface area contributed by atoms with Gasteiger partial charge in [0.05, 0.1) is 13.2 Å². The highest BCUT2D eigenvalue weighted by Crippen LogP contribution is 2.33. The molecule has 1 unspecified atom stereocenters. The molecule has 0 aliphatic heterocycles. The van der Waals surface area contributed by atoms with Gasteiger partial charge in [-0.05, 0) is 49.6 Å². The van der Waals surface area contributed by atoms with Gasteiger partial charge in [0.1, 0.15) is 5.75 Å². The summed E-state index contributed by atoms with van der Waals surface area (Å²) in [5.41, 5.74) is 4.89. The zero-order valence-corrected chi connectivity index (χ0v) is 14.6. The minimum atomic E-state index is 0.236. The van der Waals surface area contributed by atoms with Crippen LogP contribution in [-0.4, -0.2) is 7.11 Å². The van der Waals surface area contributed by atoms with Gasteiger partial charge >= 0.3 is 0 Å². The molecule has 0 spiro atoms. The number of halogens is 1. The van der Waals surface area contributed by atoms with E-state index in [4.69, 9.17) is 4.74 Å². The molecule has 0 saturated heterocycles. The molecule has 0 saturated carbocycles. The average molecular weight is 348 g/mol. The zero-order valence-electron chi connectivity index (χ0n) is 13.0. The summed E-state index contributed by atoms with van der Waals surface area (Å²) in [6.07, 6.45) is 0.995. The summed E-state index contributed by atoms with van der Waals surface area (Å²) in [6.45, 7) is 6.46. The third-order valence-electron chi connectivity index (χ3n) is 3.74. The van der Waals surface area contributed by atoms with Gasteiger partial charge < -0.3 is 10.1 Å². The van der Waals surface area contributed by atoms with Gasteiger partial charge in [-0.25, -0.2) is 0 Å². The monoisotopic (exact) mass is 347 g/mol. The number of para-hydroxylation sites is 1. The van der Waals surface area contributed by atoms with E-state index in [0.717, 1.165) is 16.6 Å². The predicted molar refractivity (Wildman–Crippen MR) is 93.3 cm³/mol. The maximum Gasteiger partial charge on any atom is 0.124 e. The number of methoxy groups -OCH3 is 1. The van der Waals surface area contributed by atoms with Gasteiger partial charge in [0.2, 0.25) is 0 Å². The van der Waals surface area contributed by atoms with E-state index in [9.17, 15) is 0 Å². The van der Waals surface area contributed by atoms with Gasteiger partial charge in [-0.15, -0.1) is 0 Å². The second kappa shape index (κ2) is 6.99. The molecule has 21 heavy (non-hydrogen) atoms. The minimum Gasteiger partial charge on any atom is -0.496 e. The molecular weight excluding hydrogens is 326 g/mol. The molecule has 1 N–H and O–H groups in total. The second-order valence-electron chi connectivity index (χ2n) is 5.26. The molecule has 2 aromatic rings. The Balaban J connectivity index is 2.36. The highest BCUT2D eigenvalue weighted by molar-refractivity contribution is 9.10. The first-order valence-corrected chi connectivity index (χ1v) is 8.02. The molecule has 0 amide bonds. The van der Waals surface area contributed by atoms with Crippen LogP contribution in [0.25, 0.3) is 0 Å². The van der Waals surface area contributed by atoms with Crippen molar-refractivity contribution in [2.24, 2.45) is 0 Å². The van der Waals surface area contributed by atoms with Crippen LogP contribution in [0.3, 0.4) is 0 Å². The van der Waals surface area contributed by atoms with Gasteiger partial charge in [0, 0.05) is 15.7 Å². The molecule has 112 valence electrons. The van der Waals surface area contributed by atoms with Crippen molar-refractivity contribution in [1.82, 2.24) is 0 Å². The van der Waals surface area contributed by atoms with Gasteiger partial charge in [-0.2, -0.15) is 0 Å². The zero-order chi connectivity index (χ0) is 15.4. The largest absolute Gasteiger partial charge is 0.496 e. The molecule has 2 aromatic carbocycles. The van der Waals surface area contributed by atoms with Crippen LogP contribution in [0.1, 0.15) is 36.1 Å². The van der Waals surface area contributed by atoms with Crippen molar-refractivity contribution in [2.45, 2.75) is 33.2 Å². The first-order chi connectivity index (χ1) is 10.1. The fourth-order valence-electron chi connectivity index (χ4n) is 2.67. The Bertz CT molecular complexity index is 601. The molecule has 0 aliphatic carbocycles. The van der Waals surface area contributed by atoms with Crippen molar-refractivity contribution in [3.63, 3.8) is 0 Å². The van der Waals surface area contributed by atoms with Crippen LogP contribution in [0.2, 0.25) is 0 Å². The average Bonchev–Trinajstić information content (AvgIpc) is 2.46. The molecular formula is C18H22BrNO. The van der Waals surface area contributed by atoms with Crippen LogP contribution < -0.4 is 10.1 Å². The lowest BCUT2D eigenvalue weighted by atomic mass is 10.0. The SMILES string of the molecule is CCC(Nc1c(C)cc(Br)cc1C)c1ccccc1OC. The predicted octanol–water partition coefficient (Wildman–Crippen LogP) is 5.64. The summed E-state index contributed by atoms with van der Waals surface area (Å²) in [5, 5.41) is 3.68. The van der Waals surface area contributed by atoms with E-state index in [-0.39, 0.29) is 6.04 Å². The Morgan fingerprint density at radius 3 is 2.33 bits per heavy atom. The Hall–Kier alpha value is -1.48. The Labute approximate surface area is 135 Å². The van der Waals surface area contributed by atoms with Gasteiger partial charge in [-0.1, -0.05) is 41.1 Å². The summed E-state index contributed by atoms with van der Waals surface area (Å²) < 4.78 is 6.62. The highest BCUT2D eigenvalue weighted by Gasteiger charge is 2.16.